The third-order valence-electron chi connectivity index (χ3n) is 5.38. The first-order valence-corrected chi connectivity index (χ1v) is 12.9. The maximum absolute atomic E-state index is 12.2. The molecule has 0 aromatic carbocycles. The molecule has 1 fully saturated rings. The zero-order chi connectivity index (χ0) is 26.2. The standard InChI is InChI=1S/C18H28N5O10PS/c1-17(2,7-24)15(27)35-5-4-31-34(29,30)32-6-9-11(25)18(3,28)14(33-9)23-8-20-10-12(23)21-16(19)22-13(10)26/h8-9,11,14,24-25,28H,4-7H2,1-3H3,(H,29,30)(H3,19,21,22,26)/t9-,11?,14-,18?/m1/s1. The van der Waals surface area contributed by atoms with Gasteiger partial charge in [-0.25, -0.2) is 9.55 Å². The van der Waals surface area contributed by atoms with Gasteiger partial charge >= 0.3 is 7.82 Å². The van der Waals surface area contributed by atoms with E-state index in [2.05, 4.69) is 15.0 Å². The quantitative estimate of drug-likeness (QED) is 0.160. The molecule has 2 aromatic heterocycles. The Hall–Kier alpha value is -1.88. The van der Waals surface area contributed by atoms with Gasteiger partial charge in [-0.1, -0.05) is 11.8 Å². The molecule has 196 valence electrons. The summed E-state index contributed by atoms with van der Waals surface area (Å²) >= 11 is 0.836. The van der Waals surface area contributed by atoms with E-state index in [1.54, 1.807) is 13.8 Å². The molecule has 3 heterocycles. The van der Waals surface area contributed by atoms with Gasteiger partial charge in [0.1, 0.15) is 17.8 Å². The third kappa shape index (κ3) is 5.93. The maximum Gasteiger partial charge on any atom is 0.472 e. The summed E-state index contributed by atoms with van der Waals surface area (Å²) in [6.07, 6.45) is -2.95. The van der Waals surface area contributed by atoms with Gasteiger partial charge in [-0.05, 0) is 20.8 Å². The van der Waals surface area contributed by atoms with Gasteiger partial charge in [0.05, 0.1) is 31.6 Å². The molecule has 5 atom stereocenters. The zero-order valence-corrected chi connectivity index (χ0v) is 20.9. The Morgan fingerprint density at radius 1 is 1.46 bits per heavy atom. The molecule has 0 saturated carbocycles. The van der Waals surface area contributed by atoms with Crippen LogP contribution in [0.15, 0.2) is 11.1 Å². The third-order valence-corrected chi connectivity index (χ3v) is 7.55. The predicted molar refractivity (Wildman–Crippen MR) is 123 cm³/mol. The Kier molecular flexibility index (Phi) is 8.10. The van der Waals surface area contributed by atoms with Crippen LogP contribution in [-0.4, -0.2) is 88.2 Å². The maximum atomic E-state index is 12.2. The number of nitrogen functional groups attached to an aromatic ring is 1. The average molecular weight is 537 g/mol. The number of hydrogen-bond donors (Lipinski definition) is 6. The minimum atomic E-state index is -4.59. The van der Waals surface area contributed by atoms with Crippen molar-refractivity contribution in [2.24, 2.45) is 5.41 Å². The van der Waals surface area contributed by atoms with Crippen LogP contribution in [0.25, 0.3) is 11.2 Å². The van der Waals surface area contributed by atoms with E-state index >= 15 is 0 Å². The number of nitrogens with zero attached hydrogens (tertiary/aromatic N) is 3. The van der Waals surface area contributed by atoms with Gasteiger partial charge in [0.15, 0.2) is 22.5 Å². The topological polar surface area (TPSA) is 232 Å². The number of thioether (sulfide) groups is 1. The molecule has 1 saturated heterocycles. The van der Waals surface area contributed by atoms with Gasteiger partial charge in [-0.15, -0.1) is 0 Å². The van der Waals surface area contributed by atoms with Gasteiger partial charge in [-0.2, -0.15) is 4.98 Å². The summed E-state index contributed by atoms with van der Waals surface area (Å²) in [6, 6.07) is 0. The van der Waals surface area contributed by atoms with Crippen molar-refractivity contribution in [3.8, 4) is 0 Å². The van der Waals surface area contributed by atoms with Crippen LogP contribution in [-0.2, 0) is 23.1 Å². The van der Waals surface area contributed by atoms with Crippen LogP contribution in [0.4, 0.5) is 5.95 Å². The molecule has 1 aliphatic heterocycles. The number of aromatic nitrogens is 4. The van der Waals surface area contributed by atoms with Crippen LogP contribution in [0.1, 0.15) is 27.0 Å². The number of anilines is 1. The summed E-state index contributed by atoms with van der Waals surface area (Å²) in [6.45, 7) is 3.12. The van der Waals surface area contributed by atoms with Gasteiger partial charge in [-0.3, -0.25) is 28.2 Å². The van der Waals surface area contributed by atoms with Crippen molar-refractivity contribution in [1.82, 2.24) is 19.5 Å². The van der Waals surface area contributed by atoms with Gasteiger partial charge in [0, 0.05) is 5.75 Å². The lowest BCUT2D eigenvalue weighted by Gasteiger charge is -2.27. The number of carbonyl (C=O) groups excluding carboxylic acids is 1. The monoisotopic (exact) mass is 537 g/mol. The van der Waals surface area contributed by atoms with Crippen molar-refractivity contribution in [3.63, 3.8) is 0 Å². The summed E-state index contributed by atoms with van der Waals surface area (Å²) in [5.41, 5.74) is 2.01. The second-order valence-corrected chi connectivity index (χ2v) is 11.3. The molecule has 7 N–H and O–H groups in total. The fourth-order valence-corrected chi connectivity index (χ4v) is 4.91. The molecule has 0 amide bonds. The SMILES string of the molecule is CC(C)(CO)C(=O)SCCOP(=O)(O)OC[C@H]1O[C@@H](n2cnc3c(=O)[nH]c(N)nc32)C(C)(O)C1O. The number of ether oxygens (including phenoxy) is 1. The second kappa shape index (κ2) is 10.2. The zero-order valence-electron chi connectivity index (χ0n) is 19.2. The van der Waals surface area contributed by atoms with Crippen LogP contribution >= 0.6 is 19.6 Å². The number of aliphatic hydroxyl groups excluding tert-OH is 2. The number of carbonyl (C=O) groups is 1. The molecule has 0 spiro atoms. The van der Waals surface area contributed by atoms with Crippen LogP contribution in [0.5, 0.6) is 0 Å². The molecule has 0 aliphatic carbocycles. The lowest BCUT2D eigenvalue weighted by molar-refractivity contribution is -0.119. The first-order chi connectivity index (χ1) is 16.2. The second-order valence-electron chi connectivity index (χ2n) is 8.75. The largest absolute Gasteiger partial charge is 0.472 e. The number of aliphatic hydroxyl groups is 3. The van der Waals surface area contributed by atoms with E-state index < -0.39 is 49.4 Å². The van der Waals surface area contributed by atoms with Crippen molar-refractivity contribution in [3.05, 3.63) is 16.7 Å². The first kappa shape index (κ1) is 27.7. The first-order valence-electron chi connectivity index (χ1n) is 10.4. The van der Waals surface area contributed by atoms with Crippen molar-refractivity contribution >= 4 is 41.8 Å². The lowest BCUT2D eigenvalue weighted by Crippen LogP contribution is -2.44. The Balaban J connectivity index is 1.61. The summed E-state index contributed by atoms with van der Waals surface area (Å²) in [5.74, 6) is -0.154. The van der Waals surface area contributed by atoms with Crippen molar-refractivity contribution in [2.45, 2.75) is 44.8 Å². The fraction of sp³-hybridized carbons (Fsp3) is 0.667. The Bertz CT molecular complexity index is 1180. The summed E-state index contributed by atoms with van der Waals surface area (Å²) < 4.78 is 28.8. The normalized spacial score (nSPS) is 26.8. The van der Waals surface area contributed by atoms with Crippen LogP contribution in [0, 0.1) is 5.41 Å². The van der Waals surface area contributed by atoms with E-state index in [0.717, 1.165) is 11.8 Å². The van der Waals surface area contributed by atoms with Crippen molar-refractivity contribution < 1.29 is 43.4 Å². The summed E-state index contributed by atoms with van der Waals surface area (Å²) in [5, 5.41) is 30.3. The fourth-order valence-electron chi connectivity index (χ4n) is 3.24. The van der Waals surface area contributed by atoms with Crippen molar-refractivity contribution in [2.75, 3.05) is 31.3 Å². The molecule has 15 nitrogen and oxygen atoms in total. The lowest BCUT2D eigenvalue weighted by atomic mass is 9.96. The van der Waals surface area contributed by atoms with Gasteiger partial charge in [0.25, 0.3) is 5.56 Å². The highest BCUT2D eigenvalue weighted by molar-refractivity contribution is 8.13. The molecule has 3 unspecified atom stereocenters. The van der Waals surface area contributed by atoms with Crippen molar-refractivity contribution in [1.29, 1.82) is 0 Å². The summed E-state index contributed by atoms with van der Waals surface area (Å²) in [7, 11) is -4.59. The molecule has 35 heavy (non-hydrogen) atoms. The molecule has 1 aliphatic rings. The van der Waals surface area contributed by atoms with E-state index in [4.69, 9.17) is 19.5 Å². The van der Waals surface area contributed by atoms with Gasteiger partial charge < -0.3 is 30.7 Å². The number of phosphoric ester groups is 1. The number of phosphoric acid groups is 1. The number of H-pyrrole nitrogens is 1. The molecular weight excluding hydrogens is 509 g/mol. The van der Waals surface area contributed by atoms with E-state index in [-0.39, 0.29) is 41.2 Å². The molecule has 0 radical (unpaired) electrons. The number of nitrogens with one attached hydrogen (secondary N) is 1. The number of aromatic amines is 1. The van der Waals surface area contributed by atoms with Crippen LogP contribution < -0.4 is 11.3 Å². The van der Waals surface area contributed by atoms with E-state index in [1.807, 2.05) is 0 Å². The molecule has 3 rings (SSSR count). The molecular formula is C18H28N5O10PS. The van der Waals surface area contributed by atoms with Gasteiger partial charge in [0.2, 0.25) is 5.95 Å². The van der Waals surface area contributed by atoms with Crippen LogP contribution in [0.3, 0.4) is 0 Å². The number of rotatable bonds is 10. The number of hydrogen-bond acceptors (Lipinski definition) is 13. The highest BCUT2D eigenvalue weighted by Gasteiger charge is 2.54. The van der Waals surface area contributed by atoms with Crippen LogP contribution in [0.2, 0.25) is 0 Å². The Morgan fingerprint density at radius 3 is 2.80 bits per heavy atom. The predicted octanol–water partition coefficient (Wildman–Crippen LogP) is -0.877. The average Bonchev–Trinajstić information content (AvgIpc) is 3.28. The van der Waals surface area contributed by atoms with E-state index in [9.17, 15) is 34.4 Å². The van der Waals surface area contributed by atoms with E-state index in [1.165, 1.54) is 17.8 Å². The number of nitrogens with two attached hydrogens (primary N) is 1. The number of imidazole rings is 1. The van der Waals surface area contributed by atoms with E-state index in [0.29, 0.717) is 0 Å². The smallest absolute Gasteiger partial charge is 0.395 e. The molecule has 0 bridgehead atoms. The number of fused-ring (bicyclic) bond motifs is 1. The summed E-state index contributed by atoms with van der Waals surface area (Å²) in [4.78, 5) is 44.1. The minimum Gasteiger partial charge on any atom is -0.395 e. The Morgan fingerprint density at radius 2 is 2.14 bits per heavy atom. The molecule has 2 aromatic rings. The Labute approximate surface area is 203 Å². The molecule has 17 heteroatoms. The highest BCUT2D eigenvalue weighted by Crippen LogP contribution is 2.46. The highest BCUT2D eigenvalue weighted by atomic mass is 32.2. The minimum absolute atomic E-state index is 0.00196.